The summed E-state index contributed by atoms with van der Waals surface area (Å²) in [4.78, 5) is 14.3. The Morgan fingerprint density at radius 2 is 0.971 bits per heavy atom. The Hall–Kier alpha value is -4.06. The predicted molar refractivity (Wildman–Crippen MR) is 150 cm³/mol. The molecule has 0 amide bonds. The molecule has 0 atom stereocenters. The minimum absolute atomic E-state index is 0.0371. The standard InChI is InChI=1S/C33H25OP/c34-33(31(27-17-7-2-8-18-27)25-26-15-5-1-6-16-26)30-23-13-14-24-32(30)35(28-19-9-3-10-20-28)29-21-11-4-12-22-29/h1-25H/b31-25+. The maximum atomic E-state index is 14.3. The van der Waals surface area contributed by atoms with E-state index >= 15 is 0 Å². The second kappa shape index (κ2) is 10.9. The van der Waals surface area contributed by atoms with Crippen molar-refractivity contribution >= 4 is 41.3 Å². The van der Waals surface area contributed by atoms with Crippen LogP contribution in [0.3, 0.4) is 0 Å². The van der Waals surface area contributed by atoms with E-state index in [-0.39, 0.29) is 5.78 Å². The molecule has 5 rings (SSSR count). The van der Waals surface area contributed by atoms with Crippen LogP contribution in [-0.4, -0.2) is 5.78 Å². The average molecular weight is 469 g/mol. The fourth-order valence-electron chi connectivity index (χ4n) is 4.20. The summed E-state index contributed by atoms with van der Waals surface area (Å²) >= 11 is 0. The van der Waals surface area contributed by atoms with Crippen LogP contribution in [0.2, 0.25) is 0 Å². The molecular formula is C33H25OP. The second-order valence-electron chi connectivity index (χ2n) is 8.19. The first kappa shape index (κ1) is 22.7. The first-order chi connectivity index (χ1) is 17.3. The third-order valence-corrected chi connectivity index (χ3v) is 8.36. The first-order valence-corrected chi connectivity index (χ1v) is 13.0. The monoisotopic (exact) mass is 468 g/mol. The van der Waals surface area contributed by atoms with Gasteiger partial charge in [-0.25, -0.2) is 0 Å². The van der Waals surface area contributed by atoms with Crippen LogP contribution in [0.15, 0.2) is 146 Å². The lowest BCUT2D eigenvalue weighted by Crippen LogP contribution is -2.25. The van der Waals surface area contributed by atoms with Crippen molar-refractivity contribution in [1.82, 2.24) is 0 Å². The third-order valence-electron chi connectivity index (χ3n) is 5.86. The van der Waals surface area contributed by atoms with E-state index < -0.39 is 7.92 Å². The molecule has 0 aromatic heterocycles. The molecule has 0 bridgehead atoms. The fraction of sp³-hybridized carbons (Fsp3) is 0. The van der Waals surface area contributed by atoms with E-state index in [1.807, 2.05) is 97.1 Å². The molecule has 168 valence electrons. The second-order valence-corrected chi connectivity index (χ2v) is 10.4. The van der Waals surface area contributed by atoms with Crippen molar-refractivity contribution in [1.29, 1.82) is 0 Å². The number of hydrogen-bond donors (Lipinski definition) is 0. The Bertz CT molecular complexity index is 1390. The molecule has 0 N–H and O–H groups in total. The summed E-state index contributed by atoms with van der Waals surface area (Å²) in [5.74, 6) is 0.0371. The van der Waals surface area contributed by atoms with Gasteiger partial charge in [-0.3, -0.25) is 4.79 Å². The van der Waals surface area contributed by atoms with Crippen molar-refractivity contribution < 1.29 is 4.79 Å². The largest absolute Gasteiger partial charge is 0.289 e. The summed E-state index contributed by atoms with van der Waals surface area (Å²) in [7, 11) is -0.900. The van der Waals surface area contributed by atoms with E-state index in [0.29, 0.717) is 5.57 Å². The Morgan fingerprint density at radius 3 is 1.54 bits per heavy atom. The van der Waals surface area contributed by atoms with Gasteiger partial charge in [-0.15, -0.1) is 0 Å². The molecule has 5 aromatic carbocycles. The van der Waals surface area contributed by atoms with Gasteiger partial charge in [0.05, 0.1) is 0 Å². The van der Waals surface area contributed by atoms with E-state index in [1.54, 1.807) is 0 Å². The zero-order valence-electron chi connectivity index (χ0n) is 19.3. The molecular weight excluding hydrogens is 443 g/mol. The Kier molecular flexibility index (Phi) is 7.08. The maximum Gasteiger partial charge on any atom is 0.194 e. The van der Waals surface area contributed by atoms with Crippen LogP contribution in [0, 0.1) is 0 Å². The number of carbonyl (C=O) groups excluding carboxylic acids is 1. The minimum atomic E-state index is -0.900. The summed E-state index contributed by atoms with van der Waals surface area (Å²) in [5, 5.41) is 3.52. The fourth-order valence-corrected chi connectivity index (χ4v) is 6.65. The molecule has 0 fully saturated rings. The number of carbonyl (C=O) groups is 1. The lowest BCUT2D eigenvalue weighted by Gasteiger charge is -2.22. The summed E-state index contributed by atoms with van der Waals surface area (Å²) < 4.78 is 0. The molecule has 0 spiro atoms. The predicted octanol–water partition coefficient (Wildman–Crippen LogP) is 6.87. The molecule has 0 radical (unpaired) electrons. The van der Waals surface area contributed by atoms with Gasteiger partial charge in [0.1, 0.15) is 0 Å². The average Bonchev–Trinajstić information content (AvgIpc) is 2.94. The number of Topliss-reactive ketones (excluding diaryl/α,β-unsaturated/α-hetero) is 1. The van der Waals surface area contributed by atoms with Crippen LogP contribution in [0.25, 0.3) is 11.6 Å². The van der Waals surface area contributed by atoms with Gasteiger partial charge in [0.2, 0.25) is 0 Å². The van der Waals surface area contributed by atoms with Crippen molar-refractivity contribution in [3.05, 3.63) is 162 Å². The highest BCUT2D eigenvalue weighted by atomic mass is 31.1. The van der Waals surface area contributed by atoms with Gasteiger partial charge in [0.15, 0.2) is 5.78 Å². The quantitative estimate of drug-likeness (QED) is 0.110. The number of allylic oxidation sites excluding steroid dienone is 1. The third kappa shape index (κ3) is 5.22. The maximum absolute atomic E-state index is 14.3. The summed E-state index contributed by atoms with van der Waals surface area (Å²) in [5.41, 5.74) is 3.36. The van der Waals surface area contributed by atoms with Gasteiger partial charge in [0.25, 0.3) is 0 Å². The summed E-state index contributed by atoms with van der Waals surface area (Å²) in [6.45, 7) is 0. The van der Waals surface area contributed by atoms with Crippen LogP contribution in [0.4, 0.5) is 0 Å². The van der Waals surface area contributed by atoms with Gasteiger partial charge in [0, 0.05) is 11.1 Å². The molecule has 5 aromatic rings. The number of hydrogen-bond acceptors (Lipinski definition) is 1. The van der Waals surface area contributed by atoms with Crippen molar-refractivity contribution in [2.24, 2.45) is 0 Å². The highest BCUT2D eigenvalue weighted by molar-refractivity contribution is 7.80. The van der Waals surface area contributed by atoms with Gasteiger partial charge in [-0.1, -0.05) is 146 Å². The van der Waals surface area contributed by atoms with E-state index in [9.17, 15) is 4.79 Å². The molecule has 0 heterocycles. The Balaban J connectivity index is 1.68. The zero-order chi connectivity index (χ0) is 23.9. The number of benzene rings is 5. The zero-order valence-corrected chi connectivity index (χ0v) is 20.2. The van der Waals surface area contributed by atoms with Crippen molar-refractivity contribution in [3.8, 4) is 0 Å². The molecule has 1 nitrogen and oxygen atoms in total. The van der Waals surface area contributed by atoms with Gasteiger partial charge >= 0.3 is 0 Å². The lowest BCUT2D eigenvalue weighted by molar-refractivity contribution is 0.105. The van der Waals surface area contributed by atoms with Crippen LogP contribution < -0.4 is 15.9 Å². The molecule has 0 saturated carbocycles. The van der Waals surface area contributed by atoms with Crippen molar-refractivity contribution in [3.63, 3.8) is 0 Å². The van der Waals surface area contributed by atoms with E-state index in [0.717, 1.165) is 22.0 Å². The van der Waals surface area contributed by atoms with Crippen molar-refractivity contribution in [2.75, 3.05) is 0 Å². The highest BCUT2D eigenvalue weighted by Gasteiger charge is 2.24. The lowest BCUT2D eigenvalue weighted by atomic mass is 9.94. The Morgan fingerprint density at radius 1 is 0.514 bits per heavy atom. The van der Waals surface area contributed by atoms with E-state index in [1.165, 1.54) is 10.6 Å². The first-order valence-electron chi connectivity index (χ1n) is 11.7. The van der Waals surface area contributed by atoms with Crippen LogP contribution in [-0.2, 0) is 0 Å². The minimum Gasteiger partial charge on any atom is -0.289 e. The van der Waals surface area contributed by atoms with Gasteiger partial charge in [-0.05, 0) is 41.0 Å². The van der Waals surface area contributed by atoms with Gasteiger partial charge in [-0.2, -0.15) is 0 Å². The number of rotatable bonds is 7. The van der Waals surface area contributed by atoms with Crippen LogP contribution >= 0.6 is 7.92 Å². The molecule has 0 aliphatic heterocycles. The van der Waals surface area contributed by atoms with E-state index in [2.05, 4.69) is 54.6 Å². The van der Waals surface area contributed by atoms with Gasteiger partial charge < -0.3 is 0 Å². The summed E-state index contributed by atoms with van der Waals surface area (Å²) in [6, 6.07) is 49.1. The molecule has 0 unspecified atom stereocenters. The smallest absolute Gasteiger partial charge is 0.194 e. The van der Waals surface area contributed by atoms with E-state index in [4.69, 9.17) is 0 Å². The van der Waals surface area contributed by atoms with Crippen LogP contribution in [0.1, 0.15) is 21.5 Å². The Labute approximate surface area is 208 Å². The molecule has 35 heavy (non-hydrogen) atoms. The van der Waals surface area contributed by atoms with Crippen LogP contribution in [0.5, 0.6) is 0 Å². The number of ketones is 1. The SMILES string of the molecule is O=C(/C(=C/c1ccccc1)c1ccccc1)c1ccccc1P(c1ccccc1)c1ccccc1. The molecule has 0 aliphatic rings. The molecule has 2 heteroatoms. The highest BCUT2D eigenvalue weighted by Crippen LogP contribution is 2.35. The molecule has 0 aliphatic carbocycles. The summed E-state index contributed by atoms with van der Waals surface area (Å²) in [6.07, 6.45) is 2.00. The normalized spacial score (nSPS) is 11.4. The topological polar surface area (TPSA) is 17.1 Å². The van der Waals surface area contributed by atoms with Crippen molar-refractivity contribution in [2.45, 2.75) is 0 Å². The molecule has 0 saturated heterocycles.